The standard InChI is InChI=1S/C28H25BrN2O.Ir/c1-3-20(2)19-32-28(26-16-8-14-24(30-26)21-10-5-4-6-11-21)27-17-9-15-25(31-27)22-12-7-13-23(29)18-22;/h4-10,13-18,20,28H,3,19H2,1-2H3;/q-2;. The van der Waals surface area contributed by atoms with Gasteiger partial charge in [-0.2, -0.15) is 0 Å². The van der Waals surface area contributed by atoms with Crippen molar-refractivity contribution in [3.63, 3.8) is 0 Å². The van der Waals surface area contributed by atoms with Crippen LogP contribution in [-0.2, 0) is 24.8 Å². The number of benzene rings is 2. The van der Waals surface area contributed by atoms with Gasteiger partial charge in [-0.3, -0.25) is 9.97 Å². The number of aromatic nitrogens is 2. The molecule has 0 saturated heterocycles. The van der Waals surface area contributed by atoms with Gasteiger partial charge in [-0.1, -0.05) is 64.9 Å². The second kappa shape index (κ2) is 12.3. The van der Waals surface area contributed by atoms with E-state index in [-0.39, 0.29) is 26.2 Å². The van der Waals surface area contributed by atoms with Gasteiger partial charge in [-0.05, 0) is 29.4 Å². The molecule has 0 aliphatic carbocycles. The first kappa shape index (κ1) is 25.5. The molecule has 4 aromatic rings. The third kappa shape index (κ3) is 6.68. The van der Waals surface area contributed by atoms with Crippen molar-refractivity contribution in [2.75, 3.05) is 6.61 Å². The zero-order chi connectivity index (χ0) is 22.3. The molecule has 2 unspecified atom stereocenters. The molecule has 0 aliphatic rings. The van der Waals surface area contributed by atoms with Gasteiger partial charge in [0.15, 0.2) is 0 Å². The summed E-state index contributed by atoms with van der Waals surface area (Å²) in [5.41, 5.74) is 5.29. The number of nitrogens with zero attached hydrogens (tertiary/aromatic N) is 2. The molecule has 2 atom stereocenters. The Bertz CT molecular complexity index is 1170. The Hall–Kier alpha value is -2.17. The van der Waals surface area contributed by atoms with Crippen LogP contribution in [0.25, 0.3) is 22.5 Å². The van der Waals surface area contributed by atoms with Crippen LogP contribution in [0.5, 0.6) is 0 Å². The van der Waals surface area contributed by atoms with Gasteiger partial charge in [0.25, 0.3) is 0 Å². The van der Waals surface area contributed by atoms with E-state index in [0.717, 1.165) is 44.8 Å². The molecule has 0 aliphatic heterocycles. The first-order valence-corrected chi connectivity index (χ1v) is 11.6. The molecular formula is C28H25BrIrN2O-2. The Morgan fingerprint density at radius 1 is 0.848 bits per heavy atom. The minimum Gasteiger partial charge on any atom is -0.365 e. The summed E-state index contributed by atoms with van der Waals surface area (Å²) in [6.45, 7) is 5.01. The first-order valence-electron chi connectivity index (χ1n) is 10.8. The number of ether oxygens (including phenoxy) is 1. The SMILES string of the molecule is CCC(C)COC(c1cccc(-c2[c-]cccc2)n1)c1cccc(-c2[c-]ccc(Br)c2)n1.[Ir]. The van der Waals surface area contributed by atoms with Gasteiger partial charge in [0.2, 0.25) is 0 Å². The van der Waals surface area contributed by atoms with Crippen molar-refractivity contribution in [3.8, 4) is 22.5 Å². The fourth-order valence-electron chi connectivity index (χ4n) is 3.33. The molecule has 0 spiro atoms. The molecule has 171 valence electrons. The van der Waals surface area contributed by atoms with Crippen LogP contribution in [-0.4, -0.2) is 16.6 Å². The van der Waals surface area contributed by atoms with Crippen LogP contribution in [0.1, 0.15) is 37.8 Å². The van der Waals surface area contributed by atoms with Gasteiger partial charge in [-0.25, -0.2) is 0 Å². The van der Waals surface area contributed by atoms with Crippen LogP contribution in [0, 0.1) is 18.1 Å². The maximum Gasteiger partial charge on any atom is 0.139 e. The third-order valence-electron chi connectivity index (χ3n) is 5.35. The van der Waals surface area contributed by atoms with E-state index in [0.29, 0.717) is 12.5 Å². The second-order valence-corrected chi connectivity index (χ2v) is 8.73. The van der Waals surface area contributed by atoms with E-state index in [9.17, 15) is 0 Å². The second-order valence-electron chi connectivity index (χ2n) is 7.82. The van der Waals surface area contributed by atoms with Gasteiger partial charge in [-0.15, -0.1) is 65.7 Å². The number of pyridine rings is 2. The molecule has 0 saturated carbocycles. The summed E-state index contributed by atoms with van der Waals surface area (Å²) in [5.74, 6) is 0.449. The fourth-order valence-corrected chi connectivity index (χ4v) is 3.70. The molecule has 1 radical (unpaired) electrons. The van der Waals surface area contributed by atoms with Gasteiger partial charge in [0.05, 0.1) is 18.0 Å². The number of hydrogen-bond acceptors (Lipinski definition) is 3. The molecule has 2 aromatic heterocycles. The molecule has 2 heterocycles. The van der Waals surface area contributed by atoms with Crippen molar-refractivity contribution in [1.82, 2.24) is 9.97 Å². The Kier molecular flexibility index (Phi) is 9.51. The summed E-state index contributed by atoms with van der Waals surface area (Å²) in [5, 5.41) is 0. The summed E-state index contributed by atoms with van der Waals surface area (Å²) < 4.78 is 7.41. The van der Waals surface area contributed by atoms with Crippen molar-refractivity contribution < 1.29 is 24.8 Å². The number of rotatable bonds is 8. The monoisotopic (exact) mass is 677 g/mol. The molecule has 5 heteroatoms. The van der Waals surface area contributed by atoms with Crippen LogP contribution >= 0.6 is 15.9 Å². The van der Waals surface area contributed by atoms with Crippen LogP contribution in [0.15, 0.2) is 83.3 Å². The summed E-state index contributed by atoms with van der Waals surface area (Å²) in [7, 11) is 0. The van der Waals surface area contributed by atoms with Crippen LogP contribution < -0.4 is 0 Å². The largest absolute Gasteiger partial charge is 0.365 e. The van der Waals surface area contributed by atoms with Crippen LogP contribution in [0.3, 0.4) is 0 Å². The quantitative estimate of drug-likeness (QED) is 0.184. The minimum atomic E-state index is -0.361. The smallest absolute Gasteiger partial charge is 0.139 e. The van der Waals surface area contributed by atoms with E-state index in [1.165, 1.54) is 0 Å². The van der Waals surface area contributed by atoms with Crippen molar-refractivity contribution >= 4 is 15.9 Å². The topological polar surface area (TPSA) is 35.0 Å². The predicted octanol–water partition coefficient (Wildman–Crippen LogP) is 7.32. The average Bonchev–Trinajstić information content (AvgIpc) is 2.85. The van der Waals surface area contributed by atoms with Crippen LogP contribution in [0.2, 0.25) is 0 Å². The van der Waals surface area contributed by atoms with E-state index in [2.05, 4.69) is 41.9 Å². The number of halogens is 1. The Balaban J connectivity index is 0.00000306. The van der Waals surface area contributed by atoms with Crippen molar-refractivity contribution in [2.24, 2.45) is 5.92 Å². The van der Waals surface area contributed by atoms with E-state index in [4.69, 9.17) is 14.7 Å². The first-order chi connectivity index (χ1) is 15.6. The third-order valence-corrected chi connectivity index (χ3v) is 5.84. The van der Waals surface area contributed by atoms with E-state index in [1.807, 2.05) is 78.9 Å². The molecule has 3 nitrogen and oxygen atoms in total. The van der Waals surface area contributed by atoms with Gasteiger partial charge in [0, 0.05) is 20.1 Å². The minimum absolute atomic E-state index is 0. The van der Waals surface area contributed by atoms with Gasteiger partial charge in [0.1, 0.15) is 6.10 Å². The van der Waals surface area contributed by atoms with Crippen molar-refractivity contribution in [2.45, 2.75) is 26.4 Å². The maximum absolute atomic E-state index is 6.42. The van der Waals surface area contributed by atoms with E-state index >= 15 is 0 Å². The molecule has 4 rings (SSSR count). The fraction of sp³-hybridized carbons (Fsp3) is 0.214. The normalized spacial score (nSPS) is 12.6. The van der Waals surface area contributed by atoms with Crippen molar-refractivity contribution in [1.29, 1.82) is 0 Å². The summed E-state index contributed by atoms with van der Waals surface area (Å²) in [6.07, 6.45) is 0.694. The molecular weight excluding hydrogens is 652 g/mol. The van der Waals surface area contributed by atoms with E-state index < -0.39 is 0 Å². The van der Waals surface area contributed by atoms with Gasteiger partial charge >= 0.3 is 0 Å². The van der Waals surface area contributed by atoms with E-state index in [1.54, 1.807) is 0 Å². The Labute approximate surface area is 218 Å². The van der Waals surface area contributed by atoms with Crippen LogP contribution in [0.4, 0.5) is 0 Å². The summed E-state index contributed by atoms with van der Waals surface area (Å²) >= 11 is 3.54. The number of hydrogen-bond donors (Lipinski definition) is 0. The maximum atomic E-state index is 6.42. The summed E-state index contributed by atoms with van der Waals surface area (Å²) in [6, 6.07) is 32.3. The predicted molar refractivity (Wildman–Crippen MR) is 132 cm³/mol. The average molecular weight is 678 g/mol. The molecule has 33 heavy (non-hydrogen) atoms. The summed E-state index contributed by atoms with van der Waals surface area (Å²) in [4.78, 5) is 9.87. The Morgan fingerprint density at radius 3 is 2.12 bits per heavy atom. The molecule has 0 fully saturated rings. The molecule has 0 N–H and O–H groups in total. The molecule has 0 bridgehead atoms. The molecule has 0 amide bonds. The molecule has 2 aromatic carbocycles. The Morgan fingerprint density at radius 2 is 1.52 bits per heavy atom. The van der Waals surface area contributed by atoms with Crippen molar-refractivity contribution in [3.05, 3.63) is 107 Å². The zero-order valence-electron chi connectivity index (χ0n) is 18.6. The zero-order valence-corrected chi connectivity index (χ0v) is 22.6. The van der Waals surface area contributed by atoms with Gasteiger partial charge < -0.3 is 4.74 Å².